The van der Waals surface area contributed by atoms with E-state index >= 15 is 0 Å². The molecule has 32 heavy (non-hydrogen) atoms. The number of rotatable bonds is 10. The summed E-state index contributed by atoms with van der Waals surface area (Å²) >= 11 is 0. The van der Waals surface area contributed by atoms with E-state index in [9.17, 15) is 20.4 Å². The van der Waals surface area contributed by atoms with E-state index in [4.69, 9.17) is 30.4 Å². The highest BCUT2D eigenvalue weighted by molar-refractivity contribution is 5.06. The summed E-state index contributed by atoms with van der Waals surface area (Å²) in [5.41, 5.74) is 10.7. The van der Waals surface area contributed by atoms with E-state index in [1.165, 1.54) is 6.26 Å². The highest BCUT2D eigenvalue weighted by atomic mass is 16.7. The van der Waals surface area contributed by atoms with Crippen molar-refractivity contribution in [2.24, 2.45) is 22.8 Å². The Bertz CT molecular complexity index is 600. The van der Waals surface area contributed by atoms with Crippen molar-refractivity contribution in [3.63, 3.8) is 0 Å². The maximum Gasteiger partial charge on any atom is 0.217 e. The summed E-state index contributed by atoms with van der Waals surface area (Å²) in [6.45, 7) is 10.6. The average Bonchev–Trinajstić information content (AvgIpc) is 2.77. The summed E-state index contributed by atoms with van der Waals surface area (Å²) < 4.78 is 23.5. The number of hydrogen-bond donors (Lipinski definition) is 6. The number of hydrogen-bond acceptors (Lipinski definition) is 10. The van der Waals surface area contributed by atoms with E-state index in [1.807, 2.05) is 27.7 Å². The minimum Gasteiger partial charge on any atom is -0.471 e. The van der Waals surface area contributed by atoms with Crippen LogP contribution in [0.2, 0.25) is 0 Å². The number of aliphatic hydroxyl groups is 4. The maximum absolute atomic E-state index is 11.2. The molecule has 2 saturated heterocycles. The zero-order chi connectivity index (χ0) is 24.3. The van der Waals surface area contributed by atoms with Crippen LogP contribution in [0, 0.1) is 11.3 Å². The molecule has 0 aromatic rings. The molecular formula is C22H42N2O8. The summed E-state index contributed by atoms with van der Waals surface area (Å²) in [4.78, 5) is 0. The van der Waals surface area contributed by atoms with Crippen LogP contribution in [0.3, 0.4) is 0 Å². The molecule has 0 spiro atoms. The lowest BCUT2D eigenvalue weighted by Gasteiger charge is -2.57. The monoisotopic (exact) mass is 462 g/mol. The zero-order valence-corrected chi connectivity index (χ0v) is 19.6. The fourth-order valence-electron chi connectivity index (χ4n) is 5.41. The predicted octanol–water partition coefficient (Wildman–Crippen LogP) is -0.435. The molecular weight excluding hydrogens is 420 g/mol. The minimum atomic E-state index is -1.07. The van der Waals surface area contributed by atoms with E-state index in [2.05, 4.69) is 6.58 Å². The van der Waals surface area contributed by atoms with Crippen LogP contribution < -0.4 is 11.5 Å². The third-order valence-corrected chi connectivity index (χ3v) is 7.48. The first-order valence-electron chi connectivity index (χ1n) is 11.4. The number of nitrogens with two attached hydrogens (primary N) is 2. The van der Waals surface area contributed by atoms with Gasteiger partial charge in [0.15, 0.2) is 6.29 Å². The van der Waals surface area contributed by atoms with Gasteiger partial charge in [-0.05, 0) is 12.8 Å². The highest BCUT2D eigenvalue weighted by Crippen LogP contribution is 2.51. The second-order valence-electron chi connectivity index (χ2n) is 9.35. The second kappa shape index (κ2) is 11.1. The predicted molar refractivity (Wildman–Crippen MR) is 117 cm³/mol. The molecule has 0 aromatic carbocycles. The Labute approximate surface area is 190 Å². The zero-order valence-electron chi connectivity index (χ0n) is 19.6. The van der Waals surface area contributed by atoms with Crippen molar-refractivity contribution in [2.75, 3.05) is 13.2 Å². The molecule has 0 radical (unpaired) electrons. The fourth-order valence-corrected chi connectivity index (χ4v) is 5.41. The van der Waals surface area contributed by atoms with Crippen LogP contribution in [0.4, 0.5) is 0 Å². The summed E-state index contributed by atoms with van der Waals surface area (Å²) in [7, 11) is 0. The van der Waals surface area contributed by atoms with Crippen molar-refractivity contribution in [1.29, 1.82) is 0 Å². The normalized spacial score (nSPS) is 39.0. The second-order valence-corrected chi connectivity index (χ2v) is 9.35. The molecule has 0 bridgehead atoms. The van der Waals surface area contributed by atoms with Gasteiger partial charge in [0, 0.05) is 17.8 Å². The van der Waals surface area contributed by atoms with Gasteiger partial charge in [-0.25, -0.2) is 0 Å². The van der Waals surface area contributed by atoms with Crippen molar-refractivity contribution in [1.82, 2.24) is 0 Å². The molecule has 2 aliphatic heterocycles. The molecule has 9 atom stereocenters. The van der Waals surface area contributed by atoms with Gasteiger partial charge in [0.1, 0.15) is 0 Å². The van der Waals surface area contributed by atoms with Gasteiger partial charge >= 0.3 is 0 Å². The van der Waals surface area contributed by atoms with E-state index < -0.39 is 66.0 Å². The number of aliphatic hydroxyl groups excluding tert-OH is 4. The Morgan fingerprint density at radius 2 is 1.66 bits per heavy atom. The SMILES string of the molecule is C=COC1OC(CO)C(C(C)(C)C(CC)(CC)OC2OC(CO)CC(O)C2N)C(O)C1N. The first-order chi connectivity index (χ1) is 15.0. The molecule has 2 fully saturated rings. The quantitative estimate of drug-likeness (QED) is 0.234. The Morgan fingerprint density at radius 1 is 1.03 bits per heavy atom. The molecule has 0 aromatic heterocycles. The third kappa shape index (κ3) is 4.98. The minimum absolute atomic E-state index is 0.216. The molecule has 188 valence electrons. The summed E-state index contributed by atoms with van der Waals surface area (Å²) in [6, 6.07) is -1.68. The lowest BCUT2D eigenvalue weighted by atomic mass is 9.59. The Hall–Kier alpha value is -0.820. The van der Waals surface area contributed by atoms with E-state index in [1.54, 1.807) is 0 Å². The van der Waals surface area contributed by atoms with Crippen molar-refractivity contribution in [3.05, 3.63) is 12.8 Å². The maximum atomic E-state index is 11.2. The van der Waals surface area contributed by atoms with Crippen LogP contribution >= 0.6 is 0 Å². The molecule has 8 N–H and O–H groups in total. The van der Waals surface area contributed by atoms with Gasteiger partial charge in [0.05, 0.1) is 61.6 Å². The summed E-state index contributed by atoms with van der Waals surface area (Å²) in [6.07, 6.45) is -2.79. The van der Waals surface area contributed by atoms with Crippen molar-refractivity contribution < 1.29 is 39.4 Å². The van der Waals surface area contributed by atoms with Crippen LogP contribution in [-0.4, -0.2) is 88.3 Å². The van der Waals surface area contributed by atoms with Gasteiger partial charge in [-0.2, -0.15) is 0 Å². The van der Waals surface area contributed by atoms with E-state index in [0.29, 0.717) is 12.8 Å². The van der Waals surface area contributed by atoms with Gasteiger partial charge < -0.3 is 50.8 Å². The standard InChI is InChI=1S/C22H42N2O8/c1-6-22(7-2,32-20-16(23)13(27)9-12(10-25)30-20)21(4,5)15-14(11-26)31-19(29-8-3)17(24)18(15)28/h8,12-20,25-28H,3,6-7,9-11,23-24H2,1-2,4-5H3. The first-order valence-corrected chi connectivity index (χ1v) is 11.4. The molecule has 10 nitrogen and oxygen atoms in total. The topological polar surface area (TPSA) is 170 Å². The summed E-state index contributed by atoms with van der Waals surface area (Å²) in [5, 5.41) is 41.2. The Kier molecular flexibility index (Phi) is 9.49. The number of ether oxygens (including phenoxy) is 4. The van der Waals surface area contributed by atoms with Crippen molar-refractivity contribution >= 4 is 0 Å². The van der Waals surface area contributed by atoms with Gasteiger partial charge in [-0.3, -0.25) is 0 Å². The van der Waals surface area contributed by atoms with Crippen LogP contribution in [0.25, 0.3) is 0 Å². The van der Waals surface area contributed by atoms with Crippen LogP contribution in [-0.2, 0) is 18.9 Å². The van der Waals surface area contributed by atoms with E-state index in [-0.39, 0.29) is 19.6 Å². The highest BCUT2D eigenvalue weighted by Gasteiger charge is 2.59. The molecule has 2 heterocycles. The largest absolute Gasteiger partial charge is 0.471 e. The van der Waals surface area contributed by atoms with Crippen molar-refractivity contribution in [2.45, 2.75) is 102 Å². The van der Waals surface area contributed by atoms with E-state index in [0.717, 1.165) is 0 Å². The molecule has 0 amide bonds. The summed E-state index contributed by atoms with van der Waals surface area (Å²) in [5.74, 6) is -0.620. The van der Waals surface area contributed by atoms with Crippen LogP contribution in [0.15, 0.2) is 12.8 Å². The molecule has 2 aliphatic rings. The molecule has 2 rings (SSSR count). The lowest BCUT2D eigenvalue weighted by Crippen LogP contribution is -2.68. The van der Waals surface area contributed by atoms with Gasteiger partial charge in [-0.1, -0.05) is 34.3 Å². The molecule has 0 aliphatic carbocycles. The Balaban J connectivity index is 2.40. The molecule has 0 saturated carbocycles. The van der Waals surface area contributed by atoms with Crippen molar-refractivity contribution in [3.8, 4) is 0 Å². The van der Waals surface area contributed by atoms with Gasteiger partial charge in [-0.15, -0.1) is 0 Å². The Morgan fingerprint density at radius 3 is 2.16 bits per heavy atom. The average molecular weight is 463 g/mol. The van der Waals surface area contributed by atoms with Gasteiger partial charge in [0.2, 0.25) is 6.29 Å². The third-order valence-electron chi connectivity index (χ3n) is 7.48. The van der Waals surface area contributed by atoms with Gasteiger partial charge in [0.25, 0.3) is 0 Å². The molecule has 10 heteroatoms. The lowest BCUT2D eigenvalue weighted by molar-refractivity contribution is -0.320. The molecule has 9 unspecified atom stereocenters. The van der Waals surface area contributed by atoms with Crippen LogP contribution in [0.5, 0.6) is 0 Å². The van der Waals surface area contributed by atoms with Crippen LogP contribution in [0.1, 0.15) is 47.0 Å². The smallest absolute Gasteiger partial charge is 0.217 e. The fraction of sp³-hybridized carbons (Fsp3) is 0.909. The first kappa shape index (κ1) is 27.4.